The summed E-state index contributed by atoms with van der Waals surface area (Å²) < 4.78 is 5.50. The first-order valence-corrected chi connectivity index (χ1v) is 10.1. The van der Waals surface area contributed by atoms with Gasteiger partial charge in [0, 0.05) is 44.3 Å². The third-order valence-electron chi connectivity index (χ3n) is 5.38. The molecular formula is C23H31N3O2. The molecule has 150 valence electrons. The van der Waals surface area contributed by atoms with Crippen molar-refractivity contribution in [3.8, 4) is 5.75 Å². The summed E-state index contributed by atoms with van der Waals surface area (Å²) in [5.74, 6) is 0.938. The molecule has 1 saturated heterocycles. The number of nitrogens with zero attached hydrogens (tertiary/aromatic N) is 2. The van der Waals surface area contributed by atoms with Gasteiger partial charge < -0.3 is 15.0 Å². The van der Waals surface area contributed by atoms with E-state index in [1.807, 2.05) is 37.3 Å². The molecule has 3 rings (SSSR count). The first-order chi connectivity index (χ1) is 13.6. The lowest BCUT2D eigenvalue weighted by atomic mass is 10.1. The molecule has 0 radical (unpaired) electrons. The van der Waals surface area contributed by atoms with Crippen molar-refractivity contribution in [1.82, 2.24) is 10.2 Å². The van der Waals surface area contributed by atoms with E-state index in [-0.39, 0.29) is 11.9 Å². The summed E-state index contributed by atoms with van der Waals surface area (Å²) in [4.78, 5) is 17.2. The lowest BCUT2D eigenvalue weighted by Gasteiger charge is -2.36. The number of methoxy groups -OCH3 is 1. The molecule has 1 unspecified atom stereocenters. The molecule has 2 aromatic carbocycles. The normalized spacial score (nSPS) is 15.9. The second kappa shape index (κ2) is 9.60. The molecule has 2 aromatic rings. The highest BCUT2D eigenvalue weighted by molar-refractivity contribution is 5.94. The van der Waals surface area contributed by atoms with Gasteiger partial charge >= 0.3 is 0 Å². The Morgan fingerprint density at radius 2 is 1.86 bits per heavy atom. The smallest absolute Gasteiger partial charge is 0.251 e. The van der Waals surface area contributed by atoms with Gasteiger partial charge in [0.1, 0.15) is 5.75 Å². The van der Waals surface area contributed by atoms with Crippen molar-refractivity contribution in [2.75, 3.05) is 38.2 Å². The maximum absolute atomic E-state index is 12.4. The highest BCUT2D eigenvalue weighted by Gasteiger charge is 2.20. The van der Waals surface area contributed by atoms with Crippen molar-refractivity contribution in [2.45, 2.75) is 32.9 Å². The summed E-state index contributed by atoms with van der Waals surface area (Å²) in [7, 11) is 1.72. The zero-order valence-corrected chi connectivity index (χ0v) is 17.1. The zero-order chi connectivity index (χ0) is 19.9. The predicted molar refractivity (Wildman–Crippen MR) is 114 cm³/mol. The van der Waals surface area contributed by atoms with Crippen LogP contribution in [0.15, 0.2) is 48.5 Å². The number of amides is 1. The maximum Gasteiger partial charge on any atom is 0.251 e. The van der Waals surface area contributed by atoms with Gasteiger partial charge in [-0.1, -0.05) is 31.2 Å². The van der Waals surface area contributed by atoms with Gasteiger partial charge in [-0.05, 0) is 43.2 Å². The van der Waals surface area contributed by atoms with Gasteiger partial charge in [-0.2, -0.15) is 0 Å². The first kappa shape index (κ1) is 20.2. The van der Waals surface area contributed by atoms with Crippen LogP contribution in [-0.4, -0.2) is 50.1 Å². The van der Waals surface area contributed by atoms with Crippen molar-refractivity contribution in [3.63, 3.8) is 0 Å². The maximum atomic E-state index is 12.4. The number of hydrogen-bond acceptors (Lipinski definition) is 4. The Balaban J connectivity index is 1.58. The van der Waals surface area contributed by atoms with Gasteiger partial charge in [0.05, 0.1) is 12.8 Å². The Kier molecular flexibility index (Phi) is 6.93. The van der Waals surface area contributed by atoms with Crippen molar-refractivity contribution in [2.24, 2.45) is 0 Å². The van der Waals surface area contributed by atoms with Crippen LogP contribution in [0.25, 0.3) is 0 Å². The van der Waals surface area contributed by atoms with Crippen LogP contribution in [0, 0.1) is 0 Å². The van der Waals surface area contributed by atoms with Gasteiger partial charge in [-0.3, -0.25) is 9.69 Å². The number of nitrogens with one attached hydrogen (secondary N) is 1. The molecular weight excluding hydrogens is 350 g/mol. The molecule has 1 amide bonds. The van der Waals surface area contributed by atoms with E-state index in [0.717, 1.165) is 56.1 Å². The van der Waals surface area contributed by atoms with Crippen LogP contribution < -0.4 is 15.0 Å². The average Bonchev–Trinajstić information content (AvgIpc) is 2.74. The molecule has 0 saturated carbocycles. The van der Waals surface area contributed by atoms with E-state index in [9.17, 15) is 4.79 Å². The van der Waals surface area contributed by atoms with E-state index in [1.54, 1.807) is 7.11 Å². The van der Waals surface area contributed by atoms with Crippen LogP contribution in [0.4, 0.5) is 5.69 Å². The Morgan fingerprint density at radius 1 is 1.11 bits per heavy atom. The van der Waals surface area contributed by atoms with E-state index in [0.29, 0.717) is 0 Å². The fraction of sp³-hybridized carbons (Fsp3) is 0.435. The summed E-state index contributed by atoms with van der Waals surface area (Å²) in [6.45, 7) is 8.88. The third-order valence-corrected chi connectivity index (χ3v) is 5.38. The molecule has 1 aliphatic heterocycles. The van der Waals surface area contributed by atoms with Crippen LogP contribution in [0.3, 0.4) is 0 Å². The number of benzene rings is 2. The molecule has 1 N–H and O–H groups in total. The Morgan fingerprint density at radius 3 is 2.57 bits per heavy atom. The fourth-order valence-electron chi connectivity index (χ4n) is 3.52. The topological polar surface area (TPSA) is 44.8 Å². The molecule has 5 nitrogen and oxygen atoms in total. The fourth-order valence-corrected chi connectivity index (χ4v) is 3.52. The highest BCUT2D eigenvalue weighted by atomic mass is 16.5. The molecule has 28 heavy (non-hydrogen) atoms. The van der Waals surface area contributed by atoms with E-state index >= 15 is 0 Å². The van der Waals surface area contributed by atoms with Gasteiger partial charge in [0.25, 0.3) is 5.91 Å². The largest absolute Gasteiger partial charge is 0.495 e. The third kappa shape index (κ3) is 5.04. The van der Waals surface area contributed by atoms with Crippen molar-refractivity contribution in [3.05, 3.63) is 59.7 Å². The molecule has 0 spiro atoms. The number of hydrogen-bond donors (Lipinski definition) is 1. The van der Waals surface area contributed by atoms with Crippen molar-refractivity contribution >= 4 is 11.6 Å². The van der Waals surface area contributed by atoms with Crippen LogP contribution in [0.1, 0.15) is 36.2 Å². The highest BCUT2D eigenvalue weighted by Crippen LogP contribution is 2.28. The molecule has 5 heteroatoms. The minimum absolute atomic E-state index is 0.0113. The molecule has 0 aliphatic carbocycles. The number of rotatable bonds is 7. The number of para-hydroxylation sites is 2. The molecule has 1 heterocycles. The summed E-state index contributed by atoms with van der Waals surface area (Å²) in [5, 5.41) is 3.04. The van der Waals surface area contributed by atoms with E-state index in [4.69, 9.17) is 4.74 Å². The minimum atomic E-state index is 0.0113. The van der Waals surface area contributed by atoms with Crippen molar-refractivity contribution < 1.29 is 9.53 Å². The lowest BCUT2D eigenvalue weighted by molar-refractivity contribution is 0.0939. The molecule has 0 bridgehead atoms. The summed E-state index contributed by atoms with van der Waals surface area (Å²) in [5.41, 5.74) is 3.08. The van der Waals surface area contributed by atoms with Crippen molar-refractivity contribution in [1.29, 1.82) is 0 Å². The number of carbonyl (C=O) groups excluding carboxylic acids is 1. The molecule has 0 aromatic heterocycles. The lowest BCUT2D eigenvalue weighted by Crippen LogP contribution is -2.46. The van der Waals surface area contributed by atoms with E-state index in [1.165, 1.54) is 5.56 Å². The zero-order valence-electron chi connectivity index (χ0n) is 17.1. The molecule has 1 aliphatic rings. The van der Waals surface area contributed by atoms with Crippen LogP contribution >= 0.6 is 0 Å². The number of ether oxygens (including phenoxy) is 1. The minimum Gasteiger partial charge on any atom is -0.495 e. The Hall–Kier alpha value is -2.53. The number of anilines is 1. The van der Waals surface area contributed by atoms with E-state index in [2.05, 4.69) is 40.2 Å². The van der Waals surface area contributed by atoms with Crippen LogP contribution in [0.2, 0.25) is 0 Å². The summed E-state index contributed by atoms with van der Waals surface area (Å²) in [6, 6.07) is 16.4. The summed E-state index contributed by atoms with van der Waals surface area (Å²) in [6.07, 6.45) is 0.932. The van der Waals surface area contributed by atoms with Gasteiger partial charge in [-0.25, -0.2) is 0 Å². The second-order valence-electron chi connectivity index (χ2n) is 7.42. The second-order valence-corrected chi connectivity index (χ2v) is 7.42. The average molecular weight is 382 g/mol. The van der Waals surface area contributed by atoms with E-state index < -0.39 is 0 Å². The molecule has 1 atom stereocenters. The van der Waals surface area contributed by atoms with Gasteiger partial charge in [-0.15, -0.1) is 0 Å². The monoisotopic (exact) mass is 381 g/mol. The van der Waals surface area contributed by atoms with Gasteiger partial charge in [0.15, 0.2) is 0 Å². The first-order valence-electron chi connectivity index (χ1n) is 10.1. The number of piperazine rings is 1. The molecule has 1 fully saturated rings. The SMILES string of the molecule is CCC(C)NC(=O)c1cccc(CN2CCN(c3ccccc3OC)CC2)c1. The number of carbonyl (C=O) groups is 1. The van der Waals surface area contributed by atoms with Gasteiger partial charge in [0.2, 0.25) is 0 Å². The Bertz CT molecular complexity index is 785. The quantitative estimate of drug-likeness (QED) is 0.797. The predicted octanol–water partition coefficient (Wildman–Crippen LogP) is 3.55. The van der Waals surface area contributed by atoms with Crippen LogP contribution in [0.5, 0.6) is 5.75 Å². The Labute approximate surface area is 168 Å². The summed E-state index contributed by atoms with van der Waals surface area (Å²) >= 11 is 0. The van der Waals surface area contributed by atoms with Crippen LogP contribution in [-0.2, 0) is 6.54 Å². The standard InChI is InChI=1S/C23H31N3O2/c1-4-18(2)24-23(27)20-9-7-8-19(16-20)17-25-12-14-26(15-13-25)21-10-5-6-11-22(21)28-3/h5-11,16,18H,4,12-15,17H2,1-3H3,(H,24,27).